The van der Waals surface area contributed by atoms with E-state index in [0.717, 1.165) is 13.0 Å². The standard InChI is InChI=1S/C16H26N2/c1-5-13-8-6-7-9-15(13)18-12-14(17-4)10-11-16(18,2)3/h6-9,14,17H,5,10-12H2,1-4H3. The second kappa shape index (κ2) is 5.31. The molecule has 1 aliphatic rings. The first-order valence-electron chi connectivity index (χ1n) is 7.11. The van der Waals surface area contributed by atoms with Crippen LogP contribution in [0.4, 0.5) is 5.69 Å². The maximum atomic E-state index is 3.44. The Kier molecular flexibility index (Phi) is 3.96. The highest BCUT2D eigenvalue weighted by Crippen LogP contribution is 2.34. The molecule has 0 radical (unpaired) electrons. The lowest BCUT2D eigenvalue weighted by Crippen LogP contribution is -2.55. The molecule has 1 N–H and O–H groups in total. The third-order valence-electron chi connectivity index (χ3n) is 4.31. The van der Waals surface area contributed by atoms with Gasteiger partial charge in [-0.05, 0) is 51.8 Å². The molecule has 18 heavy (non-hydrogen) atoms. The molecule has 1 atom stereocenters. The number of piperidine rings is 1. The van der Waals surface area contributed by atoms with Gasteiger partial charge < -0.3 is 10.2 Å². The normalized spacial score (nSPS) is 23.1. The molecule has 1 heterocycles. The van der Waals surface area contributed by atoms with E-state index < -0.39 is 0 Å². The van der Waals surface area contributed by atoms with Crippen molar-refractivity contribution in [3.63, 3.8) is 0 Å². The number of aryl methyl sites for hydroxylation is 1. The fourth-order valence-electron chi connectivity index (χ4n) is 2.95. The molecule has 0 saturated carbocycles. The van der Waals surface area contributed by atoms with Gasteiger partial charge in [0.1, 0.15) is 0 Å². The van der Waals surface area contributed by atoms with Crippen LogP contribution in [0.2, 0.25) is 0 Å². The predicted octanol–water partition coefficient (Wildman–Crippen LogP) is 3.22. The highest BCUT2D eigenvalue weighted by Gasteiger charge is 2.34. The lowest BCUT2D eigenvalue weighted by atomic mass is 9.87. The molecule has 2 rings (SSSR count). The topological polar surface area (TPSA) is 15.3 Å². The molecular formula is C16H26N2. The van der Waals surface area contributed by atoms with E-state index in [1.165, 1.54) is 24.1 Å². The Morgan fingerprint density at radius 3 is 2.72 bits per heavy atom. The largest absolute Gasteiger partial charge is 0.365 e. The van der Waals surface area contributed by atoms with Crippen LogP contribution in [0.5, 0.6) is 0 Å². The van der Waals surface area contributed by atoms with Crippen molar-refractivity contribution < 1.29 is 0 Å². The molecule has 0 amide bonds. The quantitative estimate of drug-likeness (QED) is 0.881. The third-order valence-corrected chi connectivity index (χ3v) is 4.31. The molecule has 0 spiro atoms. The average Bonchev–Trinajstić information content (AvgIpc) is 2.38. The number of nitrogens with zero attached hydrogens (tertiary/aromatic N) is 1. The fraction of sp³-hybridized carbons (Fsp3) is 0.625. The van der Waals surface area contributed by atoms with Crippen molar-refractivity contribution in [2.24, 2.45) is 0 Å². The van der Waals surface area contributed by atoms with E-state index in [-0.39, 0.29) is 5.54 Å². The number of nitrogens with one attached hydrogen (secondary N) is 1. The van der Waals surface area contributed by atoms with E-state index >= 15 is 0 Å². The molecule has 0 aliphatic carbocycles. The van der Waals surface area contributed by atoms with E-state index in [4.69, 9.17) is 0 Å². The number of likely N-dealkylation sites (N-methyl/N-ethyl adjacent to an activating group) is 1. The van der Waals surface area contributed by atoms with Crippen molar-refractivity contribution in [1.82, 2.24) is 5.32 Å². The average molecular weight is 246 g/mol. The van der Waals surface area contributed by atoms with Gasteiger partial charge >= 0.3 is 0 Å². The van der Waals surface area contributed by atoms with Gasteiger partial charge in [-0.3, -0.25) is 0 Å². The molecular weight excluding hydrogens is 220 g/mol. The van der Waals surface area contributed by atoms with Crippen LogP contribution in [0.15, 0.2) is 24.3 Å². The minimum Gasteiger partial charge on any atom is -0.365 e. The summed E-state index contributed by atoms with van der Waals surface area (Å²) in [5.74, 6) is 0. The van der Waals surface area contributed by atoms with Gasteiger partial charge in [0.15, 0.2) is 0 Å². The Labute approximate surface area is 111 Å². The summed E-state index contributed by atoms with van der Waals surface area (Å²) in [6, 6.07) is 9.46. The first kappa shape index (κ1) is 13.4. The first-order chi connectivity index (χ1) is 8.58. The summed E-state index contributed by atoms with van der Waals surface area (Å²) in [5, 5.41) is 3.44. The minimum absolute atomic E-state index is 0.263. The first-order valence-corrected chi connectivity index (χ1v) is 7.11. The smallest absolute Gasteiger partial charge is 0.0403 e. The SMILES string of the molecule is CCc1ccccc1N1CC(NC)CCC1(C)C. The molecule has 100 valence electrons. The van der Waals surface area contributed by atoms with Crippen molar-refractivity contribution in [2.75, 3.05) is 18.5 Å². The third kappa shape index (κ3) is 2.54. The van der Waals surface area contributed by atoms with Crippen molar-refractivity contribution >= 4 is 5.69 Å². The van der Waals surface area contributed by atoms with Gasteiger partial charge in [0.05, 0.1) is 0 Å². The van der Waals surface area contributed by atoms with Crippen molar-refractivity contribution in [3.05, 3.63) is 29.8 Å². The van der Waals surface area contributed by atoms with E-state index in [1.807, 2.05) is 0 Å². The highest BCUT2D eigenvalue weighted by atomic mass is 15.2. The molecule has 1 fully saturated rings. The second-order valence-corrected chi connectivity index (χ2v) is 5.93. The number of benzene rings is 1. The van der Waals surface area contributed by atoms with Crippen molar-refractivity contribution in [3.8, 4) is 0 Å². The molecule has 1 aliphatic heterocycles. The van der Waals surface area contributed by atoms with Crippen LogP contribution < -0.4 is 10.2 Å². The summed E-state index contributed by atoms with van der Waals surface area (Å²) < 4.78 is 0. The fourth-order valence-corrected chi connectivity index (χ4v) is 2.95. The number of para-hydroxylation sites is 1. The Bertz CT molecular complexity index is 398. The van der Waals surface area contributed by atoms with Gasteiger partial charge in [0.25, 0.3) is 0 Å². The van der Waals surface area contributed by atoms with Crippen LogP contribution in [0, 0.1) is 0 Å². The van der Waals surface area contributed by atoms with Crippen LogP contribution in [0.1, 0.15) is 39.2 Å². The molecule has 0 aromatic heterocycles. The molecule has 2 nitrogen and oxygen atoms in total. The van der Waals surface area contributed by atoms with Crippen LogP contribution in [-0.4, -0.2) is 25.2 Å². The molecule has 1 aromatic rings. The summed E-state index contributed by atoms with van der Waals surface area (Å²) in [5.41, 5.74) is 3.14. The van der Waals surface area contributed by atoms with E-state index in [0.29, 0.717) is 6.04 Å². The Morgan fingerprint density at radius 2 is 2.06 bits per heavy atom. The summed E-state index contributed by atoms with van der Waals surface area (Å²) >= 11 is 0. The van der Waals surface area contributed by atoms with Gasteiger partial charge in [0.2, 0.25) is 0 Å². The Hall–Kier alpha value is -1.02. The van der Waals surface area contributed by atoms with E-state index in [2.05, 4.69) is 62.3 Å². The molecule has 1 saturated heterocycles. The zero-order chi connectivity index (χ0) is 13.2. The van der Waals surface area contributed by atoms with Crippen LogP contribution in [-0.2, 0) is 6.42 Å². The molecule has 1 aromatic carbocycles. The maximum Gasteiger partial charge on any atom is 0.0403 e. The zero-order valence-corrected chi connectivity index (χ0v) is 12.2. The Morgan fingerprint density at radius 1 is 1.33 bits per heavy atom. The van der Waals surface area contributed by atoms with Crippen molar-refractivity contribution in [1.29, 1.82) is 0 Å². The lowest BCUT2D eigenvalue weighted by Gasteiger charge is -2.48. The molecule has 2 heteroatoms. The van der Waals surface area contributed by atoms with Crippen molar-refractivity contribution in [2.45, 2.75) is 51.6 Å². The predicted molar refractivity (Wildman–Crippen MR) is 79.3 cm³/mol. The van der Waals surface area contributed by atoms with Gasteiger partial charge in [-0.15, -0.1) is 0 Å². The number of rotatable bonds is 3. The Balaban J connectivity index is 2.33. The second-order valence-electron chi connectivity index (χ2n) is 5.93. The van der Waals surface area contributed by atoms with E-state index in [9.17, 15) is 0 Å². The summed E-state index contributed by atoms with van der Waals surface area (Å²) in [6.45, 7) is 8.09. The molecule has 1 unspecified atom stereocenters. The zero-order valence-electron chi connectivity index (χ0n) is 12.2. The lowest BCUT2D eigenvalue weighted by molar-refractivity contribution is 0.313. The van der Waals surface area contributed by atoms with Gasteiger partial charge in [-0.1, -0.05) is 25.1 Å². The van der Waals surface area contributed by atoms with Gasteiger partial charge in [-0.2, -0.15) is 0 Å². The van der Waals surface area contributed by atoms with Crippen LogP contribution in [0.25, 0.3) is 0 Å². The van der Waals surface area contributed by atoms with Gasteiger partial charge in [-0.25, -0.2) is 0 Å². The summed E-state index contributed by atoms with van der Waals surface area (Å²) in [6.07, 6.45) is 3.62. The number of hydrogen-bond acceptors (Lipinski definition) is 2. The summed E-state index contributed by atoms with van der Waals surface area (Å²) in [7, 11) is 2.08. The molecule has 0 bridgehead atoms. The number of hydrogen-bond donors (Lipinski definition) is 1. The van der Waals surface area contributed by atoms with Crippen LogP contribution in [0.3, 0.4) is 0 Å². The van der Waals surface area contributed by atoms with Crippen LogP contribution >= 0.6 is 0 Å². The highest BCUT2D eigenvalue weighted by molar-refractivity contribution is 5.56. The number of anilines is 1. The maximum absolute atomic E-state index is 3.44. The summed E-state index contributed by atoms with van der Waals surface area (Å²) in [4.78, 5) is 2.59. The van der Waals surface area contributed by atoms with Gasteiger partial charge in [0, 0.05) is 23.8 Å². The van der Waals surface area contributed by atoms with E-state index in [1.54, 1.807) is 0 Å². The monoisotopic (exact) mass is 246 g/mol. The minimum atomic E-state index is 0.263.